The zero-order chi connectivity index (χ0) is 36.6. The number of thioether (sulfide) groups is 1. The lowest BCUT2D eigenvalue weighted by Gasteiger charge is -2.17. The van der Waals surface area contributed by atoms with E-state index in [2.05, 4.69) is 52.8 Å². The topological polar surface area (TPSA) is 185 Å². The first-order chi connectivity index (χ1) is 24.1. The molecule has 0 amide bonds. The zero-order valence-corrected chi connectivity index (χ0v) is 31.8. The first-order valence-electron chi connectivity index (χ1n) is 18.0. The SMILES string of the molecule is CCCCCCCCOc1c(CC)cc(Cc2cnc(N)nc2N)cc1CC.CCc1cc(Cc2c(N)nc(N)nc2SC)cc(CC)c1O. The van der Waals surface area contributed by atoms with Crippen LogP contribution in [0.2, 0.25) is 0 Å². The van der Waals surface area contributed by atoms with E-state index in [-0.39, 0.29) is 11.9 Å². The Bertz CT molecular complexity index is 1630. The molecule has 11 heteroatoms. The molecule has 10 nitrogen and oxygen atoms in total. The Kier molecular flexibility index (Phi) is 16.4. The van der Waals surface area contributed by atoms with E-state index < -0.39 is 0 Å². The Morgan fingerprint density at radius 3 is 1.74 bits per heavy atom. The van der Waals surface area contributed by atoms with E-state index in [0.29, 0.717) is 30.2 Å². The molecular weight excluding hydrogens is 645 g/mol. The number of rotatable bonds is 17. The van der Waals surface area contributed by atoms with Crippen molar-refractivity contribution in [3.8, 4) is 11.5 Å². The normalized spacial score (nSPS) is 10.9. The monoisotopic (exact) mass is 702 g/mol. The number of hydrogen-bond donors (Lipinski definition) is 5. The van der Waals surface area contributed by atoms with E-state index in [0.717, 1.165) is 77.3 Å². The van der Waals surface area contributed by atoms with Gasteiger partial charge in [0.1, 0.15) is 28.2 Å². The van der Waals surface area contributed by atoms with Gasteiger partial charge in [-0.2, -0.15) is 9.97 Å². The first kappa shape index (κ1) is 40.2. The predicted octanol–water partition coefficient (Wildman–Crippen LogP) is 7.88. The highest BCUT2D eigenvalue weighted by Gasteiger charge is 2.15. The van der Waals surface area contributed by atoms with Gasteiger partial charge in [0.2, 0.25) is 11.9 Å². The molecule has 4 rings (SSSR count). The summed E-state index contributed by atoms with van der Waals surface area (Å²) < 4.78 is 6.24. The lowest BCUT2D eigenvalue weighted by Crippen LogP contribution is -2.07. The van der Waals surface area contributed by atoms with Gasteiger partial charge in [-0.1, -0.05) is 91.0 Å². The molecule has 2 aromatic carbocycles. The fraction of sp³-hybridized carbons (Fsp3) is 0.487. The molecule has 0 spiro atoms. The Labute approximate surface area is 303 Å². The summed E-state index contributed by atoms with van der Waals surface area (Å²) in [5, 5.41) is 11.0. The summed E-state index contributed by atoms with van der Waals surface area (Å²) >= 11 is 1.51. The number of nitrogens with two attached hydrogens (primary N) is 4. The van der Waals surface area contributed by atoms with Crippen LogP contribution in [0.3, 0.4) is 0 Å². The second kappa shape index (κ2) is 20.4. The molecule has 0 radical (unpaired) electrons. The van der Waals surface area contributed by atoms with Crippen molar-refractivity contribution in [2.45, 2.75) is 117 Å². The number of unbranched alkanes of at least 4 members (excludes halogenated alkanes) is 5. The summed E-state index contributed by atoms with van der Waals surface area (Å²) in [5.41, 5.74) is 31.8. The molecule has 0 saturated heterocycles. The average molecular weight is 703 g/mol. The third-order valence-electron chi connectivity index (χ3n) is 8.80. The number of nitrogen functional groups attached to an aromatic ring is 4. The molecule has 50 heavy (non-hydrogen) atoms. The molecule has 0 aliphatic rings. The molecule has 0 saturated carbocycles. The molecule has 9 N–H and O–H groups in total. The number of phenols is 1. The molecule has 0 unspecified atom stereocenters. The van der Waals surface area contributed by atoms with Crippen molar-refractivity contribution >= 4 is 35.3 Å². The van der Waals surface area contributed by atoms with Crippen LogP contribution in [-0.2, 0) is 38.5 Å². The quantitative estimate of drug-likeness (QED) is 0.0409. The smallest absolute Gasteiger partial charge is 0.223 e. The summed E-state index contributed by atoms with van der Waals surface area (Å²) in [4.78, 5) is 16.5. The molecule has 0 bridgehead atoms. The van der Waals surface area contributed by atoms with Gasteiger partial charge >= 0.3 is 0 Å². The van der Waals surface area contributed by atoms with E-state index in [9.17, 15) is 5.11 Å². The largest absolute Gasteiger partial charge is 0.507 e. The summed E-state index contributed by atoms with van der Waals surface area (Å²) in [6, 6.07) is 8.50. The van der Waals surface area contributed by atoms with Gasteiger partial charge < -0.3 is 32.8 Å². The van der Waals surface area contributed by atoms with Crippen molar-refractivity contribution in [3.05, 3.63) is 75.0 Å². The number of phenolic OH excluding ortho intramolecular Hbond substituents is 1. The Balaban J connectivity index is 0.000000278. The van der Waals surface area contributed by atoms with Gasteiger partial charge in [0, 0.05) is 30.2 Å². The van der Waals surface area contributed by atoms with Gasteiger partial charge in [-0.05, 0) is 71.7 Å². The van der Waals surface area contributed by atoms with Gasteiger partial charge in [-0.15, -0.1) is 11.8 Å². The Hall–Kier alpha value is -4.25. The molecule has 4 aromatic rings. The van der Waals surface area contributed by atoms with Crippen LogP contribution >= 0.6 is 11.8 Å². The standard InChI is InChI=1S/C23H36N4O.C16H22N4OS/c1-4-7-8-9-10-11-12-28-21-18(5-2)13-17(14-19(21)6-3)15-20-16-26-23(25)27-22(20)24;1-4-10-6-9(7-11(5-2)13(10)21)8-12-14(17)19-16(18)20-15(12)22-3/h13-14,16H,4-12,15H2,1-3H3,(H4,24,25,26,27);6-7,21H,4-5,8H2,1-3H3,(H4,17,18,19,20). The minimum atomic E-state index is 0.194. The molecule has 272 valence electrons. The summed E-state index contributed by atoms with van der Waals surface area (Å²) in [5.74, 6) is 2.75. The summed E-state index contributed by atoms with van der Waals surface area (Å²) in [7, 11) is 0. The van der Waals surface area contributed by atoms with Crippen molar-refractivity contribution in [2.24, 2.45) is 0 Å². The van der Waals surface area contributed by atoms with E-state index in [4.69, 9.17) is 27.7 Å². The number of hydrogen-bond acceptors (Lipinski definition) is 11. The Morgan fingerprint density at radius 1 is 0.640 bits per heavy atom. The first-order valence-corrected chi connectivity index (χ1v) is 19.2. The average Bonchev–Trinajstić information content (AvgIpc) is 3.10. The van der Waals surface area contributed by atoms with Gasteiger partial charge in [-0.3, -0.25) is 0 Å². The number of benzene rings is 2. The zero-order valence-electron chi connectivity index (χ0n) is 30.9. The maximum Gasteiger partial charge on any atom is 0.223 e. The fourth-order valence-corrected chi connectivity index (χ4v) is 6.60. The maximum absolute atomic E-state index is 10.2. The van der Waals surface area contributed by atoms with Crippen LogP contribution in [0.1, 0.15) is 118 Å². The van der Waals surface area contributed by atoms with E-state index in [1.54, 1.807) is 6.20 Å². The molecule has 0 fully saturated rings. The van der Waals surface area contributed by atoms with Gasteiger partial charge in [0.25, 0.3) is 0 Å². The number of aromatic nitrogens is 4. The molecule has 0 aliphatic heterocycles. The minimum Gasteiger partial charge on any atom is -0.507 e. The van der Waals surface area contributed by atoms with Gasteiger partial charge in [0.15, 0.2) is 0 Å². The molecule has 0 atom stereocenters. The highest BCUT2D eigenvalue weighted by atomic mass is 32.2. The van der Waals surface area contributed by atoms with Crippen LogP contribution in [-0.4, -0.2) is 37.9 Å². The number of nitrogens with zero attached hydrogens (tertiary/aromatic N) is 4. The highest BCUT2D eigenvalue weighted by molar-refractivity contribution is 7.98. The number of anilines is 4. The fourth-order valence-electron chi connectivity index (χ4n) is 6.00. The van der Waals surface area contributed by atoms with Crippen molar-refractivity contribution < 1.29 is 9.84 Å². The predicted molar refractivity (Wildman–Crippen MR) is 210 cm³/mol. The van der Waals surface area contributed by atoms with E-state index in [1.165, 1.54) is 60.6 Å². The Morgan fingerprint density at radius 2 is 1.18 bits per heavy atom. The van der Waals surface area contributed by atoms with Crippen LogP contribution in [0.5, 0.6) is 11.5 Å². The van der Waals surface area contributed by atoms with Crippen molar-refractivity contribution in [2.75, 3.05) is 35.8 Å². The third-order valence-corrected chi connectivity index (χ3v) is 9.53. The summed E-state index contributed by atoms with van der Waals surface area (Å²) in [6.45, 7) is 11.5. The van der Waals surface area contributed by atoms with Crippen LogP contribution < -0.4 is 27.7 Å². The maximum atomic E-state index is 10.2. The molecule has 0 aliphatic carbocycles. The van der Waals surface area contributed by atoms with Gasteiger partial charge in [0.05, 0.1) is 6.61 Å². The third kappa shape index (κ3) is 11.4. The van der Waals surface area contributed by atoms with E-state index in [1.807, 2.05) is 32.2 Å². The van der Waals surface area contributed by atoms with E-state index >= 15 is 0 Å². The van der Waals surface area contributed by atoms with Crippen molar-refractivity contribution in [3.63, 3.8) is 0 Å². The van der Waals surface area contributed by atoms with Crippen molar-refractivity contribution in [1.29, 1.82) is 0 Å². The van der Waals surface area contributed by atoms with Crippen molar-refractivity contribution in [1.82, 2.24) is 19.9 Å². The second-order valence-corrected chi connectivity index (χ2v) is 13.3. The summed E-state index contributed by atoms with van der Waals surface area (Å²) in [6.07, 6.45) is 16.1. The molecular formula is C39H58N8O2S. The lowest BCUT2D eigenvalue weighted by atomic mass is 9.97. The molecule has 2 heterocycles. The number of aryl methyl sites for hydroxylation is 4. The highest BCUT2D eigenvalue weighted by Crippen LogP contribution is 2.31. The van der Waals surface area contributed by atoms with Crippen LogP contribution in [0.15, 0.2) is 35.5 Å². The molecule has 2 aromatic heterocycles. The van der Waals surface area contributed by atoms with Crippen LogP contribution in [0.4, 0.5) is 23.5 Å². The minimum absolute atomic E-state index is 0.194. The van der Waals surface area contributed by atoms with Gasteiger partial charge in [-0.25, -0.2) is 9.97 Å². The number of aromatic hydroxyl groups is 1. The lowest BCUT2D eigenvalue weighted by molar-refractivity contribution is 0.299. The van der Waals surface area contributed by atoms with Crippen LogP contribution in [0.25, 0.3) is 0 Å². The van der Waals surface area contributed by atoms with Crippen LogP contribution in [0, 0.1) is 0 Å². The second-order valence-electron chi connectivity index (χ2n) is 12.5. The number of ether oxygens (including phenoxy) is 1.